The van der Waals surface area contributed by atoms with Gasteiger partial charge in [-0.05, 0) is 32.2 Å². The topological polar surface area (TPSA) is 65.5 Å². The van der Waals surface area contributed by atoms with E-state index in [1.54, 1.807) is 11.3 Å². The van der Waals surface area contributed by atoms with Gasteiger partial charge in [-0.25, -0.2) is 4.98 Å². The fraction of sp³-hybridized carbons (Fsp3) is 0.714. The van der Waals surface area contributed by atoms with E-state index in [-0.39, 0.29) is 12.0 Å². The number of hydrogen-bond acceptors (Lipinski definition) is 5. The summed E-state index contributed by atoms with van der Waals surface area (Å²) in [7, 11) is 0. The zero-order valence-corrected chi connectivity index (χ0v) is 12.8. The summed E-state index contributed by atoms with van der Waals surface area (Å²) in [6.45, 7) is 4.49. The first-order valence-electron chi connectivity index (χ1n) is 7.27. The maximum Gasteiger partial charge on any atom is 0.234 e. The van der Waals surface area contributed by atoms with Crippen LogP contribution < -0.4 is 5.32 Å². The van der Waals surface area contributed by atoms with Crippen molar-refractivity contribution in [3.05, 3.63) is 16.1 Å². The van der Waals surface area contributed by atoms with E-state index in [2.05, 4.69) is 17.2 Å². The zero-order chi connectivity index (χ0) is 14.4. The minimum Gasteiger partial charge on any atom is -0.392 e. The van der Waals surface area contributed by atoms with Gasteiger partial charge >= 0.3 is 0 Å². The highest BCUT2D eigenvalue weighted by Gasteiger charge is 2.19. The standard InChI is InChI=1S/C14H23N3O2S/c1-2-4-14-16-11(10-20-14)7-15-13(19)9-17-6-3-5-12(18)8-17/h10,12,18H,2-9H2,1H3,(H,15,19)/t12-/m0/s1. The van der Waals surface area contributed by atoms with Gasteiger partial charge in [0.25, 0.3) is 0 Å². The Hall–Kier alpha value is -0.980. The molecule has 0 bridgehead atoms. The third-order valence-electron chi connectivity index (χ3n) is 3.38. The van der Waals surface area contributed by atoms with E-state index >= 15 is 0 Å². The monoisotopic (exact) mass is 297 g/mol. The van der Waals surface area contributed by atoms with Crippen molar-refractivity contribution in [2.24, 2.45) is 0 Å². The maximum atomic E-state index is 11.9. The van der Waals surface area contributed by atoms with E-state index < -0.39 is 0 Å². The lowest BCUT2D eigenvalue weighted by Gasteiger charge is -2.29. The molecule has 1 aliphatic heterocycles. The van der Waals surface area contributed by atoms with Crippen molar-refractivity contribution in [2.45, 2.75) is 45.3 Å². The number of aliphatic hydroxyl groups is 1. The van der Waals surface area contributed by atoms with Crippen LogP contribution in [0.5, 0.6) is 0 Å². The SMILES string of the molecule is CCCc1nc(CNC(=O)CN2CCC[C@H](O)C2)cs1. The van der Waals surface area contributed by atoms with E-state index in [9.17, 15) is 9.90 Å². The molecular weight excluding hydrogens is 274 g/mol. The van der Waals surface area contributed by atoms with Gasteiger partial charge in [0.2, 0.25) is 5.91 Å². The number of thiazole rings is 1. The third-order valence-corrected chi connectivity index (χ3v) is 4.34. The summed E-state index contributed by atoms with van der Waals surface area (Å²) >= 11 is 1.66. The van der Waals surface area contributed by atoms with Gasteiger partial charge in [-0.1, -0.05) is 6.92 Å². The number of amides is 1. The molecule has 2 heterocycles. The Morgan fingerprint density at radius 2 is 2.50 bits per heavy atom. The molecule has 0 aliphatic carbocycles. The van der Waals surface area contributed by atoms with Gasteiger partial charge in [0.15, 0.2) is 0 Å². The number of nitrogens with one attached hydrogen (secondary N) is 1. The highest BCUT2D eigenvalue weighted by molar-refractivity contribution is 7.09. The van der Waals surface area contributed by atoms with Gasteiger partial charge in [-0.15, -0.1) is 11.3 Å². The Labute approximate surface area is 124 Å². The van der Waals surface area contributed by atoms with E-state index in [4.69, 9.17) is 0 Å². The molecule has 5 nitrogen and oxygen atoms in total. The lowest BCUT2D eigenvalue weighted by Crippen LogP contribution is -2.44. The Bertz CT molecular complexity index is 436. The summed E-state index contributed by atoms with van der Waals surface area (Å²) in [6, 6.07) is 0. The van der Waals surface area contributed by atoms with Crippen molar-refractivity contribution in [1.82, 2.24) is 15.2 Å². The van der Waals surface area contributed by atoms with Crippen molar-refractivity contribution in [3.8, 4) is 0 Å². The quantitative estimate of drug-likeness (QED) is 0.827. The minimum absolute atomic E-state index is 0.00383. The molecule has 1 aromatic rings. The Balaban J connectivity index is 1.71. The summed E-state index contributed by atoms with van der Waals surface area (Å²) in [5, 5.41) is 15.6. The van der Waals surface area contributed by atoms with Crippen molar-refractivity contribution in [1.29, 1.82) is 0 Å². The molecule has 1 saturated heterocycles. The highest BCUT2D eigenvalue weighted by Crippen LogP contribution is 2.12. The van der Waals surface area contributed by atoms with Gasteiger partial charge in [0.1, 0.15) is 0 Å². The van der Waals surface area contributed by atoms with Gasteiger partial charge < -0.3 is 10.4 Å². The van der Waals surface area contributed by atoms with Gasteiger partial charge in [0, 0.05) is 11.9 Å². The lowest BCUT2D eigenvalue weighted by atomic mass is 10.1. The second-order valence-electron chi connectivity index (χ2n) is 5.29. The second kappa shape index (κ2) is 7.71. The molecule has 0 aromatic carbocycles. The number of rotatable bonds is 6. The molecule has 20 heavy (non-hydrogen) atoms. The predicted octanol–water partition coefficient (Wildman–Crippen LogP) is 1.17. The maximum absolute atomic E-state index is 11.9. The summed E-state index contributed by atoms with van der Waals surface area (Å²) in [4.78, 5) is 18.4. The number of aliphatic hydroxyl groups excluding tert-OH is 1. The van der Waals surface area contributed by atoms with Gasteiger partial charge in [-0.3, -0.25) is 9.69 Å². The number of hydrogen-bond donors (Lipinski definition) is 2. The number of piperidine rings is 1. The normalized spacial score (nSPS) is 20.0. The van der Waals surface area contributed by atoms with E-state index in [0.717, 1.165) is 42.9 Å². The number of aromatic nitrogens is 1. The number of nitrogens with zero attached hydrogens (tertiary/aromatic N) is 2. The fourth-order valence-corrected chi connectivity index (χ4v) is 3.28. The molecule has 0 saturated carbocycles. The number of carbonyl (C=O) groups excluding carboxylic acids is 1. The average molecular weight is 297 g/mol. The van der Waals surface area contributed by atoms with Crippen molar-refractivity contribution in [3.63, 3.8) is 0 Å². The molecule has 1 fully saturated rings. The van der Waals surface area contributed by atoms with E-state index in [0.29, 0.717) is 19.6 Å². The Kier molecular flexibility index (Phi) is 5.94. The van der Waals surface area contributed by atoms with Gasteiger partial charge in [-0.2, -0.15) is 0 Å². The predicted molar refractivity (Wildman–Crippen MR) is 79.6 cm³/mol. The van der Waals surface area contributed by atoms with Crippen LogP contribution in [0, 0.1) is 0 Å². The molecule has 1 aromatic heterocycles. The summed E-state index contributed by atoms with van der Waals surface area (Å²) in [6.07, 6.45) is 3.62. The first-order chi connectivity index (χ1) is 9.67. The van der Waals surface area contributed by atoms with Gasteiger partial charge in [0.05, 0.1) is 29.9 Å². The van der Waals surface area contributed by atoms with Crippen LogP contribution >= 0.6 is 11.3 Å². The molecule has 112 valence electrons. The molecule has 2 rings (SSSR count). The molecule has 0 spiro atoms. The van der Waals surface area contributed by atoms with Crippen molar-refractivity contribution in [2.75, 3.05) is 19.6 Å². The molecule has 6 heteroatoms. The van der Waals surface area contributed by atoms with Crippen LogP contribution in [0.15, 0.2) is 5.38 Å². The second-order valence-corrected chi connectivity index (χ2v) is 6.23. The molecule has 1 amide bonds. The highest BCUT2D eigenvalue weighted by atomic mass is 32.1. The summed E-state index contributed by atoms with van der Waals surface area (Å²) in [5.41, 5.74) is 0.936. The molecule has 2 N–H and O–H groups in total. The van der Waals surface area contributed by atoms with E-state index in [1.807, 2.05) is 10.3 Å². The van der Waals surface area contributed by atoms with E-state index in [1.165, 1.54) is 0 Å². The first kappa shape index (κ1) is 15.4. The van der Waals surface area contributed by atoms with Crippen molar-refractivity contribution < 1.29 is 9.90 Å². The van der Waals surface area contributed by atoms with Crippen LogP contribution in [0.3, 0.4) is 0 Å². The van der Waals surface area contributed by atoms with Crippen LogP contribution in [-0.4, -0.2) is 46.6 Å². The smallest absolute Gasteiger partial charge is 0.234 e. The largest absolute Gasteiger partial charge is 0.392 e. The molecule has 1 aliphatic rings. The first-order valence-corrected chi connectivity index (χ1v) is 8.15. The molecule has 1 atom stereocenters. The molecular formula is C14H23N3O2S. The van der Waals surface area contributed by atoms with Crippen LogP contribution in [-0.2, 0) is 17.8 Å². The average Bonchev–Trinajstić information content (AvgIpc) is 2.85. The lowest BCUT2D eigenvalue weighted by molar-refractivity contribution is -0.123. The molecule has 0 radical (unpaired) electrons. The Morgan fingerprint density at radius 1 is 1.65 bits per heavy atom. The van der Waals surface area contributed by atoms with Crippen LogP contribution in [0.2, 0.25) is 0 Å². The van der Waals surface area contributed by atoms with Crippen LogP contribution in [0.25, 0.3) is 0 Å². The molecule has 0 unspecified atom stereocenters. The summed E-state index contributed by atoms with van der Waals surface area (Å²) in [5.74, 6) is 0.00383. The summed E-state index contributed by atoms with van der Waals surface area (Å²) < 4.78 is 0. The third kappa shape index (κ3) is 4.85. The van der Waals surface area contributed by atoms with Crippen LogP contribution in [0.1, 0.15) is 36.9 Å². The fourth-order valence-electron chi connectivity index (χ4n) is 2.38. The van der Waals surface area contributed by atoms with Crippen molar-refractivity contribution >= 4 is 17.2 Å². The number of β-amino-alcohol motifs (C(OH)–C–C–N with tert-alkyl or cyclic N) is 1. The zero-order valence-electron chi connectivity index (χ0n) is 12.0. The minimum atomic E-state index is -0.285. The van der Waals surface area contributed by atoms with Crippen LogP contribution in [0.4, 0.5) is 0 Å². The number of aryl methyl sites for hydroxylation is 1. The Morgan fingerprint density at radius 3 is 3.25 bits per heavy atom. The number of carbonyl (C=O) groups is 1. The number of likely N-dealkylation sites (tertiary alicyclic amines) is 1.